The zero-order valence-electron chi connectivity index (χ0n) is 18.6. The summed E-state index contributed by atoms with van der Waals surface area (Å²) >= 11 is 0. The number of nitriles is 1. The van der Waals surface area contributed by atoms with Crippen LogP contribution in [0.5, 0.6) is 0 Å². The van der Waals surface area contributed by atoms with Gasteiger partial charge in [0.1, 0.15) is 19.7 Å². The molecule has 33 heavy (non-hydrogen) atoms. The van der Waals surface area contributed by atoms with Crippen LogP contribution in [0.1, 0.15) is 50.8 Å². The van der Waals surface area contributed by atoms with Gasteiger partial charge in [0.15, 0.2) is 5.82 Å². The third-order valence-electron chi connectivity index (χ3n) is 7.66. The number of amides is 1. The Morgan fingerprint density at radius 3 is 2.48 bits per heavy atom. The number of esters is 1. The minimum absolute atomic E-state index is 0.0980. The average Bonchev–Trinajstić information content (AvgIpc) is 2.77. The van der Waals surface area contributed by atoms with Crippen molar-refractivity contribution in [2.75, 3.05) is 6.54 Å². The van der Waals surface area contributed by atoms with Crippen molar-refractivity contribution in [1.29, 1.82) is 5.26 Å². The molecule has 0 radical (unpaired) electrons. The molecule has 1 N–H and O–H groups in total. The monoisotopic (exact) mass is 448 g/mol. The molecule has 4 saturated carbocycles. The van der Waals surface area contributed by atoms with Gasteiger partial charge < -0.3 is 10.1 Å². The molecule has 4 fully saturated rings. The van der Waals surface area contributed by atoms with Crippen molar-refractivity contribution in [2.45, 2.75) is 58.1 Å². The summed E-state index contributed by atoms with van der Waals surface area (Å²) in [4.78, 5) is 42.0. The number of nitrogens with zero attached hydrogens (tertiary/aromatic N) is 3. The summed E-state index contributed by atoms with van der Waals surface area (Å²) in [6, 6.07) is 8.78. The molecule has 6 rings (SSSR count). The van der Waals surface area contributed by atoms with Gasteiger partial charge in [-0.3, -0.25) is 19.0 Å². The number of para-hydroxylation sites is 1. The van der Waals surface area contributed by atoms with Crippen LogP contribution in [0.3, 0.4) is 0 Å². The van der Waals surface area contributed by atoms with E-state index < -0.39 is 5.97 Å². The molecule has 4 bridgehead atoms. The van der Waals surface area contributed by atoms with Crippen LogP contribution in [-0.2, 0) is 27.5 Å². The Kier molecular flexibility index (Phi) is 5.65. The topological polar surface area (TPSA) is 114 Å². The van der Waals surface area contributed by atoms with Crippen molar-refractivity contribution in [2.24, 2.45) is 23.2 Å². The molecule has 8 nitrogen and oxygen atoms in total. The second-order valence-electron chi connectivity index (χ2n) is 10.1. The molecule has 0 aliphatic heterocycles. The molecule has 1 heterocycles. The number of benzene rings is 1. The standard InChI is InChI=1S/C25H28N4O4/c26-5-6-29-21(28-20-4-2-1-3-19(20)24(29)32)15-33-23(31)14-27-22(30)13-25-10-16-7-17(11-25)9-18(8-16)12-25/h1-4,16-18H,6-15H2,(H,27,30). The van der Waals surface area contributed by atoms with Crippen LogP contribution < -0.4 is 10.9 Å². The molecule has 172 valence electrons. The van der Waals surface area contributed by atoms with Crippen LogP contribution in [-0.4, -0.2) is 28.0 Å². The summed E-state index contributed by atoms with van der Waals surface area (Å²) in [5, 5.41) is 12.2. The first kappa shape index (κ1) is 21.6. The fourth-order valence-corrected chi connectivity index (χ4v) is 6.83. The molecular weight excluding hydrogens is 420 g/mol. The Balaban J connectivity index is 1.17. The second kappa shape index (κ2) is 8.62. The Morgan fingerprint density at radius 2 is 1.82 bits per heavy atom. The minimum Gasteiger partial charge on any atom is -0.456 e. The Bertz CT molecular complexity index is 1160. The van der Waals surface area contributed by atoms with E-state index in [2.05, 4.69) is 10.3 Å². The lowest BCUT2D eigenvalue weighted by molar-refractivity contribution is -0.146. The quantitative estimate of drug-likeness (QED) is 0.652. The number of ether oxygens (including phenoxy) is 1. The predicted octanol–water partition coefficient (Wildman–Crippen LogP) is 2.69. The molecule has 8 heteroatoms. The van der Waals surface area contributed by atoms with Gasteiger partial charge in [0, 0.05) is 6.42 Å². The molecular formula is C25H28N4O4. The highest BCUT2D eigenvalue weighted by molar-refractivity contribution is 5.82. The highest BCUT2D eigenvalue weighted by Crippen LogP contribution is 2.61. The van der Waals surface area contributed by atoms with Crippen LogP contribution in [0.4, 0.5) is 0 Å². The number of carbonyl (C=O) groups excluding carboxylic acids is 2. The zero-order valence-corrected chi connectivity index (χ0v) is 18.6. The van der Waals surface area contributed by atoms with Crippen molar-refractivity contribution in [3.05, 3.63) is 40.4 Å². The summed E-state index contributed by atoms with van der Waals surface area (Å²) < 4.78 is 6.49. The first-order chi connectivity index (χ1) is 15.9. The number of rotatable bonds is 7. The molecule has 1 amide bonds. The smallest absolute Gasteiger partial charge is 0.325 e. The normalized spacial score (nSPS) is 27.3. The maximum Gasteiger partial charge on any atom is 0.325 e. The number of hydrogen-bond acceptors (Lipinski definition) is 6. The highest BCUT2D eigenvalue weighted by atomic mass is 16.5. The lowest BCUT2D eigenvalue weighted by Gasteiger charge is -2.56. The SMILES string of the molecule is N#CCn1c(COC(=O)CNC(=O)CC23CC4CC(CC(C4)C2)C3)nc2ccccc2c1=O. The van der Waals surface area contributed by atoms with Crippen LogP contribution in [0.15, 0.2) is 29.1 Å². The summed E-state index contributed by atoms with van der Waals surface area (Å²) in [6.45, 7) is -0.655. The predicted molar refractivity (Wildman–Crippen MR) is 120 cm³/mol. The van der Waals surface area contributed by atoms with E-state index in [0.717, 1.165) is 37.0 Å². The molecule has 1 aromatic heterocycles. The van der Waals surface area contributed by atoms with E-state index in [-0.39, 0.29) is 42.4 Å². The fourth-order valence-electron chi connectivity index (χ4n) is 6.83. The Morgan fingerprint density at radius 1 is 1.15 bits per heavy atom. The number of hydrogen-bond donors (Lipinski definition) is 1. The van der Waals surface area contributed by atoms with Gasteiger partial charge in [-0.05, 0) is 73.8 Å². The summed E-state index contributed by atoms with van der Waals surface area (Å²) in [6.07, 6.45) is 7.88. The van der Waals surface area contributed by atoms with E-state index in [1.54, 1.807) is 24.3 Å². The number of fused-ring (bicyclic) bond motifs is 1. The molecule has 2 aromatic rings. The highest BCUT2D eigenvalue weighted by Gasteiger charge is 2.51. The third-order valence-corrected chi connectivity index (χ3v) is 7.66. The largest absolute Gasteiger partial charge is 0.456 e. The third kappa shape index (κ3) is 4.37. The van der Waals surface area contributed by atoms with Gasteiger partial charge >= 0.3 is 5.97 Å². The number of nitrogens with one attached hydrogen (secondary N) is 1. The van der Waals surface area contributed by atoms with Gasteiger partial charge in [-0.1, -0.05) is 12.1 Å². The molecule has 0 saturated heterocycles. The van der Waals surface area contributed by atoms with E-state index in [4.69, 9.17) is 10.00 Å². The van der Waals surface area contributed by atoms with Gasteiger partial charge in [-0.15, -0.1) is 0 Å². The van der Waals surface area contributed by atoms with E-state index in [1.807, 2.05) is 6.07 Å². The maximum absolute atomic E-state index is 12.7. The van der Waals surface area contributed by atoms with E-state index in [0.29, 0.717) is 17.3 Å². The van der Waals surface area contributed by atoms with E-state index in [1.165, 1.54) is 23.8 Å². The maximum atomic E-state index is 12.7. The van der Waals surface area contributed by atoms with Gasteiger partial charge in [-0.25, -0.2) is 4.98 Å². The summed E-state index contributed by atoms with van der Waals surface area (Å²) in [5.41, 5.74) is 0.245. The van der Waals surface area contributed by atoms with Crippen molar-refractivity contribution in [1.82, 2.24) is 14.9 Å². The Labute approximate surface area is 191 Å². The van der Waals surface area contributed by atoms with Crippen LogP contribution in [0.25, 0.3) is 10.9 Å². The molecule has 4 aliphatic rings. The molecule has 4 aliphatic carbocycles. The van der Waals surface area contributed by atoms with Crippen LogP contribution in [0.2, 0.25) is 0 Å². The minimum atomic E-state index is -0.597. The average molecular weight is 449 g/mol. The Hall–Kier alpha value is -3.21. The summed E-state index contributed by atoms with van der Waals surface area (Å²) in [5.74, 6) is 1.82. The van der Waals surface area contributed by atoms with E-state index in [9.17, 15) is 14.4 Å². The second-order valence-corrected chi connectivity index (χ2v) is 10.1. The fraction of sp³-hybridized carbons (Fsp3) is 0.560. The molecule has 0 unspecified atom stereocenters. The van der Waals surface area contributed by atoms with E-state index >= 15 is 0 Å². The first-order valence-electron chi connectivity index (χ1n) is 11.7. The van der Waals surface area contributed by atoms with Crippen molar-refractivity contribution in [3.8, 4) is 6.07 Å². The van der Waals surface area contributed by atoms with Gasteiger partial charge in [0.05, 0.1) is 17.0 Å². The van der Waals surface area contributed by atoms with Gasteiger partial charge in [0.2, 0.25) is 5.91 Å². The van der Waals surface area contributed by atoms with Crippen molar-refractivity contribution >= 4 is 22.8 Å². The summed E-state index contributed by atoms with van der Waals surface area (Å²) in [7, 11) is 0. The number of carbonyl (C=O) groups is 2. The number of aromatic nitrogens is 2. The van der Waals surface area contributed by atoms with Crippen molar-refractivity contribution < 1.29 is 14.3 Å². The van der Waals surface area contributed by atoms with Gasteiger partial charge in [0.25, 0.3) is 5.56 Å². The lowest BCUT2D eigenvalue weighted by atomic mass is 9.49. The molecule has 0 atom stereocenters. The van der Waals surface area contributed by atoms with Gasteiger partial charge in [-0.2, -0.15) is 5.26 Å². The van der Waals surface area contributed by atoms with Crippen LogP contribution >= 0.6 is 0 Å². The van der Waals surface area contributed by atoms with Crippen molar-refractivity contribution in [3.63, 3.8) is 0 Å². The lowest BCUT2D eigenvalue weighted by Crippen LogP contribution is -2.48. The van der Waals surface area contributed by atoms with Crippen LogP contribution in [0, 0.1) is 34.5 Å². The first-order valence-corrected chi connectivity index (χ1v) is 11.7. The molecule has 0 spiro atoms. The zero-order chi connectivity index (χ0) is 23.0. The molecule has 1 aromatic carbocycles.